The molecule has 1 aliphatic rings. The van der Waals surface area contributed by atoms with E-state index in [1.165, 1.54) is 0 Å². The van der Waals surface area contributed by atoms with Crippen LogP contribution >= 0.6 is 0 Å². The quantitative estimate of drug-likeness (QED) is 0.510. The molecule has 74 valence electrons. The summed E-state index contributed by atoms with van der Waals surface area (Å²) in [4.78, 5) is 21.9. The van der Waals surface area contributed by atoms with Gasteiger partial charge in [-0.2, -0.15) is 0 Å². The number of primary amides is 1. The van der Waals surface area contributed by atoms with Crippen molar-refractivity contribution in [2.45, 2.75) is 25.3 Å². The number of nitrogens with one attached hydrogen (secondary N) is 1. The molecule has 1 unspecified atom stereocenters. The van der Waals surface area contributed by atoms with Crippen molar-refractivity contribution >= 4 is 11.8 Å². The maximum absolute atomic E-state index is 11.2. The van der Waals surface area contributed by atoms with Gasteiger partial charge in [-0.3, -0.25) is 9.59 Å². The topological polar surface area (TPSA) is 98.2 Å². The molecular formula is C8H15N3O2. The van der Waals surface area contributed by atoms with Crippen molar-refractivity contribution in [3.8, 4) is 0 Å². The van der Waals surface area contributed by atoms with Gasteiger partial charge in [-0.05, 0) is 19.3 Å². The van der Waals surface area contributed by atoms with Crippen molar-refractivity contribution in [1.82, 2.24) is 5.32 Å². The molecule has 0 saturated carbocycles. The second-order valence-corrected chi connectivity index (χ2v) is 3.37. The summed E-state index contributed by atoms with van der Waals surface area (Å²) in [5.41, 5.74) is 10.5. The van der Waals surface area contributed by atoms with Crippen molar-refractivity contribution in [2.24, 2.45) is 17.4 Å². The van der Waals surface area contributed by atoms with E-state index >= 15 is 0 Å². The van der Waals surface area contributed by atoms with Gasteiger partial charge in [0, 0.05) is 12.5 Å². The predicted octanol–water partition coefficient (Wildman–Crippen LogP) is -1.28. The lowest BCUT2D eigenvalue weighted by molar-refractivity contribution is -0.127. The number of carbonyl (C=O) groups excluding carboxylic acids is 2. The first-order valence-corrected chi connectivity index (χ1v) is 4.44. The smallest absolute Gasteiger partial charge is 0.234 e. The molecule has 13 heavy (non-hydrogen) atoms. The maximum atomic E-state index is 11.2. The van der Waals surface area contributed by atoms with Crippen LogP contribution in [0.15, 0.2) is 0 Å². The summed E-state index contributed by atoms with van der Waals surface area (Å²) in [7, 11) is 0. The molecule has 2 amide bonds. The van der Waals surface area contributed by atoms with Gasteiger partial charge in [-0.1, -0.05) is 0 Å². The van der Waals surface area contributed by atoms with Crippen LogP contribution in [0.3, 0.4) is 0 Å². The van der Waals surface area contributed by atoms with Crippen molar-refractivity contribution in [2.75, 3.05) is 6.54 Å². The minimum absolute atomic E-state index is 0.0112. The average Bonchev–Trinajstić information content (AvgIpc) is 2.08. The Hall–Kier alpha value is -1.10. The zero-order chi connectivity index (χ0) is 9.84. The van der Waals surface area contributed by atoms with Crippen LogP contribution < -0.4 is 16.8 Å². The molecule has 5 nitrogen and oxygen atoms in total. The molecule has 0 radical (unpaired) electrons. The Balaban J connectivity index is 2.42. The van der Waals surface area contributed by atoms with Gasteiger partial charge in [0.05, 0.1) is 6.04 Å². The third-order valence-corrected chi connectivity index (χ3v) is 2.30. The van der Waals surface area contributed by atoms with Crippen molar-refractivity contribution < 1.29 is 9.59 Å². The summed E-state index contributed by atoms with van der Waals surface area (Å²) in [6.45, 7) is 0.723. The summed E-state index contributed by atoms with van der Waals surface area (Å²) in [6.07, 6.45) is 2.11. The number of nitrogens with two attached hydrogens (primary N) is 2. The standard InChI is InChI=1S/C8H15N3O2/c9-6(7(10)12)4-5-2-1-3-11-8(5)13/h5-6H,1-4,9H2,(H2,10,12)(H,11,13)/t5?,6-/m0/s1. The second kappa shape index (κ2) is 4.23. The summed E-state index contributed by atoms with van der Waals surface area (Å²) in [5.74, 6) is -0.697. The first-order valence-electron chi connectivity index (χ1n) is 4.44. The highest BCUT2D eigenvalue weighted by molar-refractivity contribution is 5.83. The van der Waals surface area contributed by atoms with Crippen molar-refractivity contribution in [1.29, 1.82) is 0 Å². The Morgan fingerprint density at radius 3 is 2.92 bits per heavy atom. The highest BCUT2D eigenvalue weighted by Crippen LogP contribution is 2.16. The Morgan fingerprint density at radius 2 is 2.38 bits per heavy atom. The van der Waals surface area contributed by atoms with Gasteiger partial charge in [0.2, 0.25) is 11.8 Å². The number of carbonyl (C=O) groups is 2. The van der Waals surface area contributed by atoms with Gasteiger partial charge in [0.25, 0.3) is 0 Å². The van der Waals surface area contributed by atoms with Gasteiger partial charge in [0.1, 0.15) is 0 Å². The Bertz CT molecular complexity index is 217. The molecule has 0 aromatic heterocycles. The highest BCUT2D eigenvalue weighted by Gasteiger charge is 2.25. The van der Waals surface area contributed by atoms with Crippen molar-refractivity contribution in [3.63, 3.8) is 0 Å². The lowest BCUT2D eigenvalue weighted by Crippen LogP contribution is -2.43. The first kappa shape index (κ1) is 9.98. The van der Waals surface area contributed by atoms with Crippen LogP contribution in [-0.2, 0) is 9.59 Å². The Morgan fingerprint density at radius 1 is 1.69 bits per heavy atom. The third-order valence-electron chi connectivity index (χ3n) is 2.30. The Labute approximate surface area is 76.8 Å². The summed E-state index contributed by atoms with van der Waals surface area (Å²) >= 11 is 0. The summed E-state index contributed by atoms with van der Waals surface area (Å²) in [5, 5.41) is 2.73. The van der Waals surface area contributed by atoms with Gasteiger partial charge in [-0.25, -0.2) is 0 Å². The zero-order valence-corrected chi connectivity index (χ0v) is 7.45. The molecule has 1 fully saturated rings. The maximum Gasteiger partial charge on any atom is 0.234 e. The first-order chi connectivity index (χ1) is 6.11. The average molecular weight is 185 g/mol. The van der Waals surface area contributed by atoms with Gasteiger partial charge >= 0.3 is 0 Å². The monoisotopic (exact) mass is 185 g/mol. The van der Waals surface area contributed by atoms with Crippen LogP contribution in [-0.4, -0.2) is 24.4 Å². The fraction of sp³-hybridized carbons (Fsp3) is 0.750. The van der Waals surface area contributed by atoms with Crippen LogP contribution in [0.2, 0.25) is 0 Å². The molecule has 0 aromatic rings. The van der Waals surface area contributed by atoms with Crippen LogP contribution in [0.25, 0.3) is 0 Å². The van der Waals surface area contributed by atoms with E-state index in [0.717, 1.165) is 19.4 Å². The molecule has 0 aromatic carbocycles. The number of rotatable bonds is 3. The minimum Gasteiger partial charge on any atom is -0.368 e. The molecule has 1 heterocycles. The molecule has 1 saturated heterocycles. The minimum atomic E-state index is -0.700. The second-order valence-electron chi connectivity index (χ2n) is 3.37. The molecule has 0 aliphatic carbocycles. The van der Waals surface area contributed by atoms with Crippen LogP contribution in [0.1, 0.15) is 19.3 Å². The lowest BCUT2D eigenvalue weighted by Gasteiger charge is -2.23. The number of piperidine rings is 1. The van der Waals surface area contributed by atoms with Crippen LogP contribution in [0.4, 0.5) is 0 Å². The molecule has 2 atom stereocenters. The molecular weight excluding hydrogens is 170 g/mol. The predicted molar refractivity (Wildman–Crippen MR) is 47.5 cm³/mol. The Kier molecular flexibility index (Phi) is 3.25. The van der Waals surface area contributed by atoms with E-state index < -0.39 is 11.9 Å². The molecule has 1 rings (SSSR count). The third kappa shape index (κ3) is 2.69. The van der Waals surface area contributed by atoms with E-state index in [0.29, 0.717) is 6.42 Å². The van der Waals surface area contributed by atoms with E-state index in [-0.39, 0.29) is 11.8 Å². The van der Waals surface area contributed by atoms with E-state index in [2.05, 4.69) is 5.32 Å². The fourth-order valence-corrected chi connectivity index (χ4v) is 1.48. The zero-order valence-electron chi connectivity index (χ0n) is 7.45. The van der Waals surface area contributed by atoms with Gasteiger partial charge in [0.15, 0.2) is 0 Å². The van der Waals surface area contributed by atoms with Gasteiger partial charge < -0.3 is 16.8 Å². The molecule has 1 aliphatic heterocycles. The molecule has 0 bridgehead atoms. The van der Waals surface area contributed by atoms with E-state index in [1.807, 2.05) is 0 Å². The van der Waals surface area contributed by atoms with E-state index in [1.54, 1.807) is 0 Å². The lowest BCUT2D eigenvalue weighted by atomic mass is 9.92. The van der Waals surface area contributed by atoms with Gasteiger partial charge in [-0.15, -0.1) is 0 Å². The number of hydrogen-bond donors (Lipinski definition) is 3. The summed E-state index contributed by atoms with van der Waals surface area (Å²) < 4.78 is 0. The van der Waals surface area contributed by atoms with Crippen LogP contribution in [0.5, 0.6) is 0 Å². The number of amides is 2. The fourth-order valence-electron chi connectivity index (χ4n) is 1.48. The number of hydrogen-bond acceptors (Lipinski definition) is 3. The molecule has 5 heteroatoms. The van der Waals surface area contributed by atoms with E-state index in [9.17, 15) is 9.59 Å². The SMILES string of the molecule is NC(=O)[C@@H](N)CC1CCCNC1=O. The largest absolute Gasteiger partial charge is 0.368 e. The summed E-state index contributed by atoms with van der Waals surface area (Å²) in [6, 6.07) is -0.700. The van der Waals surface area contributed by atoms with Crippen molar-refractivity contribution in [3.05, 3.63) is 0 Å². The molecule has 5 N–H and O–H groups in total. The van der Waals surface area contributed by atoms with Crippen LogP contribution in [0, 0.1) is 5.92 Å². The normalized spacial score (nSPS) is 25.0. The molecule has 0 spiro atoms. The highest BCUT2D eigenvalue weighted by atomic mass is 16.2. The van der Waals surface area contributed by atoms with E-state index in [4.69, 9.17) is 11.5 Å².